The van der Waals surface area contributed by atoms with Crippen LogP contribution in [0.3, 0.4) is 0 Å². The van der Waals surface area contributed by atoms with Gasteiger partial charge in [0.15, 0.2) is 9.84 Å². The van der Waals surface area contributed by atoms with Gasteiger partial charge in [-0.15, -0.1) is 0 Å². The van der Waals surface area contributed by atoms with Crippen molar-refractivity contribution in [3.63, 3.8) is 0 Å². The molecular formula is C23H32O8S. The Morgan fingerprint density at radius 2 is 1.88 bits per heavy atom. The molecule has 178 valence electrons. The first-order chi connectivity index (χ1) is 15.1. The number of rotatable bonds is 12. The Balaban J connectivity index is 1.85. The van der Waals surface area contributed by atoms with Gasteiger partial charge in [-0.05, 0) is 49.4 Å². The second kappa shape index (κ2) is 12.2. The molecule has 0 aliphatic heterocycles. The van der Waals surface area contributed by atoms with Gasteiger partial charge in [0, 0.05) is 25.0 Å². The second-order valence-electron chi connectivity index (χ2n) is 8.11. The van der Waals surface area contributed by atoms with Crippen molar-refractivity contribution in [1.82, 2.24) is 0 Å². The molecule has 32 heavy (non-hydrogen) atoms. The molecule has 0 saturated heterocycles. The number of hydrogen-bond donors (Lipinski definition) is 4. The summed E-state index contributed by atoms with van der Waals surface area (Å²) in [5, 5.41) is 39.4. The van der Waals surface area contributed by atoms with Gasteiger partial charge in [-0.2, -0.15) is 0 Å². The second-order valence-corrected chi connectivity index (χ2v) is 10.1. The third-order valence-electron chi connectivity index (χ3n) is 5.48. The van der Waals surface area contributed by atoms with Crippen molar-refractivity contribution in [3.8, 4) is 5.75 Å². The zero-order valence-electron chi connectivity index (χ0n) is 18.1. The molecule has 5 atom stereocenters. The number of aliphatic hydroxyl groups excluding tert-OH is 3. The quantitative estimate of drug-likeness (QED) is 0.269. The van der Waals surface area contributed by atoms with Gasteiger partial charge in [-0.25, -0.2) is 8.42 Å². The molecule has 0 radical (unpaired) electrons. The van der Waals surface area contributed by atoms with Crippen molar-refractivity contribution < 1.29 is 38.4 Å². The zero-order valence-corrected chi connectivity index (χ0v) is 18.9. The molecule has 0 spiro atoms. The molecule has 9 heteroatoms. The zero-order chi connectivity index (χ0) is 23.7. The van der Waals surface area contributed by atoms with Gasteiger partial charge in [0.1, 0.15) is 18.5 Å². The molecule has 2 rings (SSSR count). The van der Waals surface area contributed by atoms with Crippen LogP contribution in [0.1, 0.15) is 32.1 Å². The molecule has 1 aromatic rings. The molecule has 1 aliphatic carbocycles. The predicted molar refractivity (Wildman–Crippen MR) is 119 cm³/mol. The normalized spacial score (nSPS) is 24.9. The summed E-state index contributed by atoms with van der Waals surface area (Å²) in [6, 6.07) is 5.90. The fraction of sp³-hybridized carbons (Fsp3) is 0.522. The van der Waals surface area contributed by atoms with Gasteiger partial charge in [-0.1, -0.05) is 24.3 Å². The molecule has 1 aromatic carbocycles. The number of ether oxygens (including phenoxy) is 1. The molecule has 1 aliphatic rings. The number of allylic oxidation sites excluding steroid dienone is 2. The smallest absolute Gasteiger partial charge is 0.303 e. The van der Waals surface area contributed by atoms with Crippen LogP contribution >= 0.6 is 0 Å². The van der Waals surface area contributed by atoms with E-state index in [0.29, 0.717) is 25.0 Å². The summed E-state index contributed by atoms with van der Waals surface area (Å²) in [5.74, 6) is -0.926. The minimum Gasteiger partial charge on any atom is -0.491 e. The lowest BCUT2D eigenvalue weighted by molar-refractivity contribution is -0.137. The van der Waals surface area contributed by atoms with Crippen LogP contribution in [0.15, 0.2) is 53.5 Å². The molecule has 0 heterocycles. The summed E-state index contributed by atoms with van der Waals surface area (Å²) in [5.41, 5.74) is 0. The Labute approximate surface area is 188 Å². The van der Waals surface area contributed by atoms with E-state index in [1.54, 1.807) is 6.08 Å². The molecule has 8 nitrogen and oxygen atoms in total. The number of unbranched alkanes of at least 4 members (excludes halogenated alkanes) is 1. The van der Waals surface area contributed by atoms with Gasteiger partial charge in [0.05, 0.1) is 17.1 Å². The molecular weight excluding hydrogens is 436 g/mol. The van der Waals surface area contributed by atoms with Crippen LogP contribution in [-0.2, 0) is 14.6 Å². The van der Waals surface area contributed by atoms with E-state index in [2.05, 4.69) is 0 Å². The average molecular weight is 469 g/mol. The Morgan fingerprint density at radius 3 is 2.50 bits per heavy atom. The standard InChI is InChI=1S/C23H32O8S/c1-32(29,30)18-11-9-17(10-12-18)31-15-16(24)8-13-20-19(21(25)14-22(20)26)6-4-2-3-5-7-23(27)28/h2,4,8-13,16,19-22,24-26H,3,5-7,14-15H2,1H3,(H,27,28)/b4-2-,13-8+/t16-,19-,20+,21-,22-/m0/s1. The summed E-state index contributed by atoms with van der Waals surface area (Å²) in [6.45, 7) is -0.0474. The summed E-state index contributed by atoms with van der Waals surface area (Å²) in [4.78, 5) is 10.7. The number of aliphatic carboxylic acids is 1. The third kappa shape index (κ3) is 8.38. The van der Waals surface area contributed by atoms with E-state index in [1.807, 2.05) is 12.2 Å². The fourth-order valence-corrected chi connectivity index (χ4v) is 4.36. The van der Waals surface area contributed by atoms with E-state index >= 15 is 0 Å². The van der Waals surface area contributed by atoms with Crippen LogP contribution in [-0.4, -0.2) is 66.0 Å². The van der Waals surface area contributed by atoms with Crippen LogP contribution in [0.5, 0.6) is 5.75 Å². The number of benzene rings is 1. The lowest BCUT2D eigenvalue weighted by Gasteiger charge is -2.19. The number of carboxylic acid groups (broad SMARTS) is 1. The van der Waals surface area contributed by atoms with Crippen LogP contribution in [0, 0.1) is 11.8 Å². The largest absolute Gasteiger partial charge is 0.491 e. The fourth-order valence-electron chi connectivity index (χ4n) is 3.73. The Bertz CT molecular complexity index is 891. The van der Waals surface area contributed by atoms with Gasteiger partial charge in [-0.3, -0.25) is 4.79 Å². The number of aliphatic hydroxyl groups is 3. The maximum atomic E-state index is 11.5. The van der Waals surface area contributed by atoms with Gasteiger partial charge < -0.3 is 25.2 Å². The minimum atomic E-state index is -3.29. The van der Waals surface area contributed by atoms with Crippen LogP contribution in [0.2, 0.25) is 0 Å². The summed E-state index contributed by atoms with van der Waals surface area (Å²) in [6.07, 6.45) is 7.91. The molecule has 0 unspecified atom stereocenters. The first-order valence-electron chi connectivity index (χ1n) is 10.6. The first kappa shape index (κ1) is 26.1. The average Bonchev–Trinajstić information content (AvgIpc) is 2.99. The van der Waals surface area contributed by atoms with E-state index in [4.69, 9.17) is 9.84 Å². The lowest BCUT2D eigenvalue weighted by Crippen LogP contribution is -2.21. The number of carbonyl (C=O) groups is 1. The maximum absolute atomic E-state index is 11.5. The van der Waals surface area contributed by atoms with Gasteiger partial charge in [0.25, 0.3) is 0 Å². The van der Waals surface area contributed by atoms with E-state index in [0.717, 1.165) is 6.26 Å². The Hall–Kier alpha value is -2.20. The molecule has 0 bridgehead atoms. The molecule has 1 fully saturated rings. The number of hydrogen-bond acceptors (Lipinski definition) is 7. The van der Waals surface area contributed by atoms with E-state index in [9.17, 15) is 28.5 Å². The highest BCUT2D eigenvalue weighted by Crippen LogP contribution is 2.36. The van der Waals surface area contributed by atoms with E-state index in [1.165, 1.54) is 30.3 Å². The minimum absolute atomic E-state index is 0.0474. The molecule has 0 amide bonds. The van der Waals surface area contributed by atoms with Crippen molar-refractivity contribution in [2.75, 3.05) is 12.9 Å². The Kier molecular flexibility index (Phi) is 9.89. The van der Waals surface area contributed by atoms with Gasteiger partial charge >= 0.3 is 5.97 Å². The first-order valence-corrected chi connectivity index (χ1v) is 12.5. The highest BCUT2D eigenvalue weighted by Gasteiger charge is 2.39. The highest BCUT2D eigenvalue weighted by atomic mass is 32.2. The van der Waals surface area contributed by atoms with Crippen molar-refractivity contribution >= 4 is 15.8 Å². The summed E-state index contributed by atoms with van der Waals surface area (Å²) >= 11 is 0. The van der Waals surface area contributed by atoms with Crippen molar-refractivity contribution in [2.24, 2.45) is 11.8 Å². The summed E-state index contributed by atoms with van der Waals surface area (Å²) in [7, 11) is -3.29. The lowest BCUT2D eigenvalue weighted by atomic mass is 9.89. The predicted octanol–water partition coefficient (Wildman–Crippen LogP) is 1.95. The third-order valence-corrected chi connectivity index (χ3v) is 6.61. The molecule has 1 saturated carbocycles. The molecule has 4 N–H and O–H groups in total. The summed E-state index contributed by atoms with van der Waals surface area (Å²) < 4.78 is 28.4. The Morgan fingerprint density at radius 1 is 1.19 bits per heavy atom. The van der Waals surface area contributed by atoms with Crippen molar-refractivity contribution in [1.29, 1.82) is 0 Å². The monoisotopic (exact) mass is 468 g/mol. The van der Waals surface area contributed by atoms with Crippen molar-refractivity contribution in [3.05, 3.63) is 48.6 Å². The van der Waals surface area contributed by atoms with Crippen LogP contribution in [0.4, 0.5) is 0 Å². The van der Waals surface area contributed by atoms with Crippen LogP contribution < -0.4 is 4.74 Å². The molecule has 0 aromatic heterocycles. The van der Waals surface area contributed by atoms with E-state index in [-0.39, 0.29) is 36.2 Å². The SMILES string of the molecule is CS(=O)(=O)c1ccc(OC[C@@H](O)/C=C/[C@@H]2[C@H](C/C=C\CCCC(=O)O)[C@@H](O)C[C@@H]2O)cc1. The van der Waals surface area contributed by atoms with Gasteiger partial charge in [0.2, 0.25) is 0 Å². The highest BCUT2D eigenvalue weighted by molar-refractivity contribution is 7.90. The van der Waals surface area contributed by atoms with E-state index < -0.39 is 34.1 Å². The number of carboxylic acids is 1. The van der Waals surface area contributed by atoms with Crippen molar-refractivity contribution in [2.45, 2.75) is 55.3 Å². The maximum Gasteiger partial charge on any atom is 0.303 e. The number of sulfone groups is 1. The van der Waals surface area contributed by atoms with Crippen LogP contribution in [0.25, 0.3) is 0 Å². The topological polar surface area (TPSA) is 141 Å².